The monoisotopic (exact) mass is 211 g/mol. The molecule has 2 nitrogen and oxygen atoms in total. The van der Waals surface area contributed by atoms with Gasteiger partial charge in [-0.2, -0.15) is 0 Å². The van der Waals surface area contributed by atoms with Crippen LogP contribution in [0.1, 0.15) is 25.3 Å². The molecule has 0 spiro atoms. The highest BCUT2D eigenvalue weighted by Gasteiger charge is 2.36. The third-order valence-electron chi connectivity index (χ3n) is 2.78. The van der Waals surface area contributed by atoms with Crippen LogP contribution in [0, 0.1) is 0 Å². The molecule has 1 aliphatic rings. The van der Waals surface area contributed by atoms with E-state index in [1.54, 1.807) is 6.07 Å². The highest BCUT2D eigenvalue weighted by Crippen LogP contribution is 2.35. The largest absolute Gasteiger partial charge is 0.506 e. The third-order valence-corrected chi connectivity index (χ3v) is 3.08. The fourth-order valence-corrected chi connectivity index (χ4v) is 1.57. The van der Waals surface area contributed by atoms with E-state index < -0.39 is 0 Å². The summed E-state index contributed by atoms with van der Waals surface area (Å²) in [5, 5.41) is 13.5. The summed E-state index contributed by atoms with van der Waals surface area (Å²) < 4.78 is 0. The lowest BCUT2D eigenvalue weighted by atomic mass is 10.2. The molecule has 0 atom stereocenters. The molecule has 0 saturated heterocycles. The number of para-hydroxylation sites is 1. The highest BCUT2D eigenvalue weighted by atomic mass is 35.5. The van der Waals surface area contributed by atoms with Gasteiger partial charge in [-0.3, -0.25) is 0 Å². The van der Waals surface area contributed by atoms with E-state index in [9.17, 15) is 5.11 Å². The smallest absolute Gasteiger partial charge is 0.138 e. The van der Waals surface area contributed by atoms with E-state index in [1.807, 2.05) is 12.1 Å². The number of hydrogen-bond acceptors (Lipinski definition) is 2. The van der Waals surface area contributed by atoms with Crippen LogP contribution in [0.25, 0.3) is 0 Å². The zero-order valence-electron chi connectivity index (χ0n) is 8.18. The molecule has 0 radical (unpaired) electrons. The topological polar surface area (TPSA) is 32.3 Å². The number of rotatable bonds is 3. The predicted molar refractivity (Wildman–Crippen MR) is 57.6 cm³/mol. The molecule has 0 heterocycles. The van der Waals surface area contributed by atoms with E-state index in [-0.39, 0.29) is 11.3 Å². The number of hydrogen-bond donors (Lipinski definition) is 2. The van der Waals surface area contributed by atoms with E-state index in [2.05, 4.69) is 12.2 Å². The number of halogens is 1. The lowest BCUT2D eigenvalue weighted by molar-refractivity contribution is 0.457. The quantitative estimate of drug-likeness (QED) is 0.806. The van der Waals surface area contributed by atoms with Crippen molar-refractivity contribution in [1.82, 2.24) is 5.32 Å². The average molecular weight is 212 g/mol. The molecule has 0 amide bonds. The van der Waals surface area contributed by atoms with Crippen LogP contribution in [0.4, 0.5) is 0 Å². The van der Waals surface area contributed by atoms with Crippen molar-refractivity contribution >= 4 is 11.6 Å². The molecule has 0 aromatic heterocycles. The summed E-state index contributed by atoms with van der Waals surface area (Å²) in [5.74, 6) is 0.200. The minimum absolute atomic E-state index is 0.200. The first-order valence-corrected chi connectivity index (χ1v) is 5.20. The summed E-state index contributed by atoms with van der Waals surface area (Å²) in [6.45, 7) is 2.87. The fourth-order valence-electron chi connectivity index (χ4n) is 1.38. The first kappa shape index (κ1) is 9.81. The van der Waals surface area contributed by atoms with Crippen LogP contribution >= 0.6 is 11.6 Å². The van der Waals surface area contributed by atoms with Gasteiger partial charge in [-0.25, -0.2) is 0 Å². The number of phenolic OH excluding ortho intramolecular Hbond substituents is 1. The van der Waals surface area contributed by atoms with Crippen molar-refractivity contribution in [3.05, 3.63) is 28.8 Å². The van der Waals surface area contributed by atoms with E-state index in [0.717, 1.165) is 5.56 Å². The summed E-state index contributed by atoms with van der Waals surface area (Å²) >= 11 is 5.80. The van der Waals surface area contributed by atoms with Crippen LogP contribution in [-0.2, 0) is 6.54 Å². The molecule has 1 aromatic carbocycles. The first-order valence-electron chi connectivity index (χ1n) is 4.82. The molecule has 0 unspecified atom stereocenters. The minimum atomic E-state index is 0.200. The average Bonchev–Trinajstić information content (AvgIpc) is 2.88. The second-order valence-electron chi connectivity index (χ2n) is 4.16. The van der Waals surface area contributed by atoms with Crippen molar-refractivity contribution in [3.63, 3.8) is 0 Å². The normalized spacial score (nSPS) is 18.1. The van der Waals surface area contributed by atoms with Gasteiger partial charge in [0.05, 0.1) is 5.02 Å². The maximum absolute atomic E-state index is 9.64. The number of nitrogens with one attached hydrogen (secondary N) is 1. The van der Waals surface area contributed by atoms with Crippen molar-refractivity contribution in [2.75, 3.05) is 0 Å². The van der Waals surface area contributed by atoms with Gasteiger partial charge < -0.3 is 10.4 Å². The van der Waals surface area contributed by atoms with E-state index in [4.69, 9.17) is 11.6 Å². The standard InChI is InChI=1S/C11H14ClNO/c1-11(5-6-11)13-7-8-3-2-4-9(12)10(8)14/h2-4,13-14H,5-7H2,1H3. The van der Waals surface area contributed by atoms with Gasteiger partial charge in [0.1, 0.15) is 5.75 Å². The SMILES string of the molecule is CC1(NCc2cccc(Cl)c2O)CC1. The zero-order chi connectivity index (χ0) is 10.2. The molecule has 1 fully saturated rings. The molecule has 14 heavy (non-hydrogen) atoms. The molecule has 1 saturated carbocycles. The van der Waals surface area contributed by atoms with E-state index in [0.29, 0.717) is 11.6 Å². The Labute approximate surface area is 88.9 Å². The predicted octanol–water partition coefficient (Wildman–Crippen LogP) is 2.69. The van der Waals surface area contributed by atoms with Gasteiger partial charge >= 0.3 is 0 Å². The lowest BCUT2D eigenvalue weighted by Gasteiger charge is -2.12. The van der Waals surface area contributed by atoms with Gasteiger partial charge in [0.25, 0.3) is 0 Å². The molecule has 0 bridgehead atoms. The summed E-state index contributed by atoms with van der Waals surface area (Å²) in [7, 11) is 0. The van der Waals surface area contributed by atoms with E-state index in [1.165, 1.54) is 12.8 Å². The van der Waals surface area contributed by atoms with Crippen molar-refractivity contribution in [1.29, 1.82) is 0 Å². The molecule has 1 aliphatic carbocycles. The highest BCUT2D eigenvalue weighted by molar-refractivity contribution is 6.32. The summed E-state index contributed by atoms with van der Waals surface area (Å²) in [4.78, 5) is 0. The molecule has 0 aliphatic heterocycles. The maximum Gasteiger partial charge on any atom is 0.138 e. The van der Waals surface area contributed by atoms with Gasteiger partial charge in [-0.1, -0.05) is 23.7 Å². The molecule has 76 valence electrons. The summed E-state index contributed by atoms with van der Waals surface area (Å²) in [5.41, 5.74) is 1.15. The summed E-state index contributed by atoms with van der Waals surface area (Å²) in [6.07, 6.45) is 2.43. The molecular weight excluding hydrogens is 198 g/mol. The third kappa shape index (κ3) is 2.02. The Kier molecular flexibility index (Phi) is 2.41. The molecule has 3 heteroatoms. The van der Waals surface area contributed by atoms with Crippen LogP contribution in [0.15, 0.2) is 18.2 Å². The fraction of sp³-hybridized carbons (Fsp3) is 0.455. The number of aromatic hydroxyl groups is 1. The van der Waals surface area contributed by atoms with Crippen LogP contribution in [0.3, 0.4) is 0 Å². The zero-order valence-corrected chi connectivity index (χ0v) is 8.93. The lowest BCUT2D eigenvalue weighted by Crippen LogP contribution is -2.26. The Hall–Kier alpha value is -0.730. The van der Waals surface area contributed by atoms with Crippen molar-refractivity contribution in [2.24, 2.45) is 0 Å². The molecule has 2 rings (SSSR count). The Morgan fingerprint density at radius 1 is 1.50 bits per heavy atom. The molecule has 2 N–H and O–H groups in total. The number of phenols is 1. The van der Waals surface area contributed by atoms with Gasteiger partial charge in [0, 0.05) is 17.6 Å². The van der Waals surface area contributed by atoms with Crippen LogP contribution < -0.4 is 5.32 Å². The van der Waals surface area contributed by atoms with Gasteiger partial charge in [0.15, 0.2) is 0 Å². The Morgan fingerprint density at radius 3 is 2.86 bits per heavy atom. The second-order valence-corrected chi connectivity index (χ2v) is 4.57. The van der Waals surface area contributed by atoms with Crippen LogP contribution in [-0.4, -0.2) is 10.6 Å². The van der Waals surface area contributed by atoms with Gasteiger partial charge in [0.2, 0.25) is 0 Å². The Bertz CT molecular complexity index is 347. The van der Waals surface area contributed by atoms with Crippen LogP contribution in [0.2, 0.25) is 5.02 Å². The second kappa shape index (κ2) is 3.44. The number of benzene rings is 1. The van der Waals surface area contributed by atoms with Gasteiger partial charge in [-0.15, -0.1) is 0 Å². The van der Waals surface area contributed by atoms with Crippen LogP contribution in [0.5, 0.6) is 5.75 Å². The first-order chi connectivity index (χ1) is 6.61. The van der Waals surface area contributed by atoms with Gasteiger partial charge in [-0.05, 0) is 25.8 Å². The maximum atomic E-state index is 9.64. The molecular formula is C11H14ClNO. The van der Waals surface area contributed by atoms with Crippen molar-refractivity contribution in [3.8, 4) is 5.75 Å². The van der Waals surface area contributed by atoms with E-state index >= 15 is 0 Å². The minimum Gasteiger partial charge on any atom is -0.506 e. The van der Waals surface area contributed by atoms with Crippen molar-refractivity contribution in [2.45, 2.75) is 31.8 Å². The van der Waals surface area contributed by atoms with Crippen molar-refractivity contribution < 1.29 is 5.11 Å². The Balaban J connectivity index is 2.05. The Morgan fingerprint density at radius 2 is 2.21 bits per heavy atom. The summed E-state index contributed by atoms with van der Waals surface area (Å²) in [6, 6.07) is 5.44. The molecule has 1 aromatic rings.